The van der Waals surface area contributed by atoms with Gasteiger partial charge in [-0.3, -0.25) is 4.79 Å². The van der Waals surface area contributed by atoms with Crippen LogP contribution in [-0.2, 0) is 4.79 Å². The van der Waals surface area contributed by atoms with Crippen LogP contribution in [0.5, 0.6) is 0 Å². The van der Waals surface area contributed by atoms with Crippen molar-refractivity contribution in [3.05, 3.63) is 48.6 Å². The molecule has 0 heterocycles. The summed E-state index contributed by atoms with van der Waals surface area (Å²) in [6.07, 6.45) is 6.91. The number of amides is 1. The largest absolute Gasteiger partial charge is 0.376 e. The third kappa shape index (κ3) is 4.15. The maximum absolute atomic E-state index is 11.6. The van der Waals surface area contributed by atoms with E-state index >= 15 is 0 Å². The minimum absolute atomic E-state index is 0.127. The van der Waals surface area contributed by atoms with Crippen molar-refractivity contribution in [3.63, 3.8) is 0 Å². The van der Waals surface area contributed by atoms with Gasteiger partial charge in [0.05, 0.1) is 11.4 Å². The molecule has 0 aliphatic rings. The van der Waals surface area contributed by atoms with E-state index in [1.807, 2.05) is 62.3 Å². The molecule has 0 saturated heterocycles. The molecule has 0 spiro atoms. The number of carbonyl (C=O) groups excluding carboxylic acids is 1. The Morgan fingerprint density at radius 1 is 1.24 bits per heavy atom. The molecule has 0 aliphatic heterocycles. The summed E-state index contributed by atoms with van der Waals surface area (Å²) in [6.45, 7) is 1.91. The Morgan fingerprint density at radius 2 is 1.94 bits per heavy atom. The van der Waals surface area contributed by atoms with Crippen molar-refractivity contribution in [2.45, 2.75) is 6.92 Å². The average Bonchev–Trinajstić information content (AvgIpc) is 2.29. The highest BCUT2D eigenvalue weighted by Crippen LogP contribution is 2.23. The van der Waals surface area contributed by atoms with Gasteiger partial charge in [0.25, 0.3) is 0 Å². The van der Waals surface area contributed by atoms with Crippen LogP contribution in [0.1, 0.15) is 6.92 Å². The van der Waals surface area contributed by atoms with Crippen molar-refractivity contribution >= 4 is 17.3 Å². The van der Waals surface area contributed by atoms with Crippen molar-refractivity contribution in [2.24, 2.45) is 0 Å². The highest BCUT2D eigenvalue weighted by molar-refractivity contribution is 6.01. The number of anilines is 2. The van der Waals surface area contributed by atoms with Crippen LogP contribution in [-0.4, -0.2) is 20.0 Å². The van der Waals surface area contributed by atoms with E-state index in [1.54, 1.807) is 6.08 Å². The predicted molar refractivity (Wildman–Crippen MR) is 73.4 cm³/mol. The topological polar surface area (TPSA) is 32.3 Å². The standard InChI is InChI=1S/C14H18N2O/c1-4-5-6-11-14(17)15-12-9-7-8-10-13(12)16(2)3/h4-11H,1-3H3,(H,15,17)/b5-4+,11-6+. The summed E-state index contributed by atoms with van der Waals surface area (Å²) in [5, 5.41) is 2.85. The molecule has 17 heavy (non-hydrogen) atoms. The number of benzene rings is 1. The van der Waals surface area contributed by atoms with Crippen LogP contribution < -0.4 is 10.2 Å². The maximum Gasteiger partial charge on any atom is 0.248 e. The number of allylic oxidation sites excluding steroid dienone is 3. The molecule has 0 aliphatic carbocycles. The minimum Gasteiger partial charge on any atom is -0.376 e. The second-order valence-corrected chi connectivity index (χ2v) is 3.79. The van der Waals surface area contributed by atoms with Crippen molar-refractivity contribution < 1.29 is 4.79 Å². The molecule has 1 aromatic rings. The summed E-state index contributed by atoms with van der Waals surface area (Å²) in [5.74, 6) is -0.127. The van der Waals surface area contributed by atoms with Crippen molar-refractivity contribution in [1.29, 1.82) is 0 Å². The molecule has 0 fully saturated rings. The third-order valence-electron chi connectivity index (χ3n) is 2.19. The summed E-state index contributed by atoms with van der Waals surface area (Å²) >= 11 is 0. The molecule has 1 N–H and O–H groups in total. The second kappa shape index (κ2) is 6.53. The molecule has 1 rings (SSSR count). The zero-order chi connectivity index (χ0) is 12.7. The first-order valence-corrected chi connectivity index (χ1v) is 5.52. The number of nitrogens with zero attached hydrogens (tertiary/aromatic N) is 1. The van der Waals surface area contributed by atoms with E-state index in [-0.39, 0.29) is 5.91 Å². The van der Waals surface area contributed by atoms with Gasteiger partial charge in [0.1, 0.15) is 0 Å². The van der Waals surface area contributed by atoms with E-state index in [9.17, 15) is 4.79 Å². The molecule has 1 amide bonds. The Bertz CT molecular complexity index is 434. The molecule has 3 heteroatoms. The first-order chi connectivity index (χ1) is 8.15. The van der Waals surface area contributed by atoms with Gasteiger partial charge in [-0.25, -0.2) is 0 Å². The van der Waals surface area contributed by atoms with Gasteiger partial charge in [-0.1, -0.05) is 30.4 Å². The molecule has 1 aromatic carbocycles. The molecule has 3 nitrogen and oxygen atoms in total. The van der Waals surface area contributed by atoms with Gasteiger partial charge in [0.2, 0.25) is 5.91 Å². The van der Waals surface area contributed by atoms with Gasteiger partial charge >= 0.3 is 0 Å². The summed E-state index contributed by atoms with van der Waals surface area (Å²) < 4.78 is 0. The summed E-state index contributed by atoms with van der Waals surface area (Å²) in [4.78, 5) is 13.6. The quantitative estimate of drug-likeness (QED) is 0.637. The zero-order valence-electron chi connectivity index (χ0n) is 10.5. The lowest BCUT2D eigenvalue weighted by Crippen LogP contribution is -2.14. The third-order valence-corrected chi connectivity index (χ3v) is 2.19. The van der Waals surface area contributed by atoms with Crippen LogP contribution in [0.15, 0.2) is 48.6 Å². The van der Waals surface area contributed by atoms with Gasteiger partial charge in [-0.2, -0.15) is 0 Å². The monoisotopic (exact) mass is 230 g/mol. The minimum atomic E-state index is -0.127. The lowest BCUT2D eigenvalue weighted by atomic mass is 10.2. The Balaban J connectivity index is 2.78. The molecule has 0 unspecified atom stereocenters. The summed E-state index contributed by atoms with van der Waals surface area (Å²) in [6, 6.07) is 7.70. The van der Waals surface area contributed by atoms with Crippen LogP contribution in [0.3, 0.4) is 0 Å². The molecule has 90 valence electrons. The van der Waals surface area contributed by atoms with E-state index in [0.29, 0.717) is 0 Å². The van der Waals surface area contributed by atoms with Crippen LogP contribution in [0.25, 0.3) is 0 Å². The molecular weight excluding hydrogens is 212 g/mol. The van der Waals surface area contributed by atoms with Crippen LogP contribution in [0, 0.1) is 0 Å². The second-order valence-electron chi connectivity index (χ2n) is 3.79. The molecule has 0 saturated carbocycles. The summed E-state index contributed by atoms with van der Waals surface area (Å²) in [5.41, 5.74) is 1.80. The van der Waals surface area contributed by atoms with E-state index in [2.05, 4.69) is 5.32 Å². The maximum atomic E-state index is 11.6. The average molecular weight is 230 g/mol. The Labute approximate surface area is 102 Å². The number of para-hydroxylation sites is 2. The molecular formula is C14H18N2O. The summed E-state index contributed by atoms with van der Waals surface area (Å²) in [7, 11) is 3.89. The number of hydrogen-bond donors (Lipinski definition) is 1. The Morgan fingerprint density at radius 3 is 2.59 bits per heavy atom. The van der Waals surface area contributed by atoms with Gasteiger partial charge < -0.3 is 10.2 Å². The van der Waals surface area contributed by atoms with E-state index in [4.69, 9.17) is 0 Å². The number of rotatable bonds is 4. The van der Waals surface area contributed by atoms with Crippen LogP contribution >= 0.6 is 0 Å². The molecule has 0 atom stereocenters. The fourth-order valence-corrected chi connectivity index (χ4v) is 1.40. The van der Waals surface area contributed by atoms with Crippen LogP contribution in [0.2, 0.25) is 0 Å². The zero-order valence-corrected chi connectivity index (χ0v) is 10.5. The lowest BCUT2D eigenvalue weighted by molar-refractivity contribution is -0.111. The van der Waals surface area contributed by atoms with Gasteiger partial charge in [-0.05, 0) is 19.1 Å². The van der Waals surface area contributed by atoms with Gasteiger partial charge in [0.15, 0.2) is 0 Å². The fraction of sp³-hybridized carbons (Fsp3) is 0.214. The smallest absolute Gasteiger partial charge is 0.248 e. The molecule has 0 aromatic heterocycles. The fourth-order valence-electron chi connectivity index (χ4n) is 1.40. The highest BCUT2D eigenvalue weighted by Gasteiger charge is 2.04. The van der Waals surface area contributed by atoms with Crippen molar-refractivity contribution in [2.75, 3.05) is 24.3 Å². The van der Waals surface area contributed by atoms with E-state index < -0.39 is 0 Å². The highest BCUT2D eigenvalue weighted by atomic mass is 16.1. The normalized spacial score (nSPS) is 11.0. The number of carbonyl (C=O) groups is 1. The van der Waals surface area contributed by atoms with Crippen molar-refractivity contribution in [3.8, 4) is 0 Å². The van der Waals surface area contributed by atoms with E-state index in [0.717, 1.165) is 11.4 Å². The lowest BCUT2D eigenvalue weighted by Gasteiger charge is -2.17. The van der Waals surface area contributed by atoms with Crippen molar-refractivity contribution in [1.82, 2.24) is 0 Å². The number of nitrogens with one attached hydrogen (secondary N) is 1. The van der Waals surface area contributed by atoms with Gasteiger partial charge in [-0.15, -0.1) is 0 Å². The number of hydrogen-bond acceptors (Lipinski definition) is 2. The Hall–Kier alpha value is -2.03. The molecule has 0 radical (unpaired) electrons. The van der Waals surface area contributed by atoms with E-state index in [1.165, 1.54) is 6.08 Å². The van der Waals surface area contributed by atoms with Crippen LogP contribution in [0.4, 0.5) is 11.4 Å². The predicted octanol–water partition coefficient (Wildman–Crippen LogP) is 2.82. The first kappa shape index (κ1) is 13.0. The Kier molecular flexibility index (Phi) is 5.01. The van der Waals surface area contributed by atoms with Gasteiger partial charge in [0, 0.05) is 20.2 Å². The first-order valence-electron chi connectivity index (χ1n) is 5.52. The SMILES string of the molecule is C/C=C/C=C/C(=O)Nc1ccccc1N(C)C. The molecule has 0 bridgehead atoms.